The number of hydrogen-bond acceptors (Lipinski definition) is 5. The maximum atomic E-state index is 4.97. The number of imidazole rings is 2. The summed E-state index contributed by atoms with van der Waals surface area (Å²) >= 11 is 0. The maximum Gasteiger partial charge on any atom is 0.124 e. The minimum absolute atomic E-state index is 0.371. The molecule has 3 aliphatic heterocycles. The standard InChI is InChI=1S/C28H35N7/c1-2-35-25(17-7-9-19-23(15-17)33-27(31-19)21-5-3-13-29-21)11-12-26(35)18-8-10-20-24(16-18)34-28(32-20)22-6-4-14-30-22/h7-10,15-16,21-22,25-26,29-30H,2-6,11-14H2,1H3,(H,31,33)(H,32,34). The van der Waals surface area contributed by atoms with Crippen molar-refractivity contribution in [2.75, 3.05) is 19.6 Å². The highest BCUT2D eigenvalue weighted by Gasteiger charge is 2.34. The summed E-state index contributed by atoms with van der Waals surface area (Å²) in [7, 11) is 0. The van der Waals surface area contributed by atoms with Gasteiger partial charge in [0.15, 0.2) is 0 Å². The van der Waals surface area contributed by atoms with Gasteiger partial charge in [-0.3, -0.25) is 4.90 Å². The molecule has 0 aliphatic carbocycles. The van der Waals surface area contributed by atoms with Gasteiger partial charge in [0, 0.05) is 12.1 Å². The average molecular weight is 470 g/mol. The third-order valence-electron chi connectivity index (χ3n) is 8.48. The monoisotopic (exact) mass is 469 g/mol. The summed E-state index contributed by atoms with van der Waals surface area (Å²) in [6.45, 7) is 5.50. The van der Waals surface area contributed by atoms with E-state index in [1.165, 1.54) is 49.7 Å². The van der Waals surface area contributed by atoms with Gasteiger partial charge in [-0.05, 0) is 93.6 Å². The highest BCUT2D eigenvalue weighted by atomic mass is 15.2. The van der Waals surface area contributed by atoms with Gasteiger partial charge in [0.1, 0.15) is 11.6 Å². The Labute approximate surface area is 206 Å². The van der Waals surface area contributed by atoms with Crippen molar-refractivity contribution in [2.24, 2.45) is 0 Å². The number of aromatic amines is 2. The topological polar surface area (TPSA) is 84.7 Å². The lowest BCUT2D eigenvalue weighted by Crippen LogP contribution is -2.26. The molecule has 0 saturated carbocycles. The van der Waals surface area contributed by atoms with Crippen LogP contribution in [0.3, 0.4) is 0 Å². The molecule has 4 aromatic rings. The van der Waals surface area contributed by atoms with Crippen LogP contribution in [-0.2, 0) is 0 Å². The molecule has 35 heavy (non-hydrogen) atoms. The van der Waals surface area contributed by atoms with Crippen LogP contribution in [0.4, 0.5) is 0 Å². The minimum Gasteiger partial charge on any atom is -0.341 e. The predicted molar refractivity (Wildman–Crippen MR) is 139 cm³/mol. The molecule has 3 fully saturated rings. The van der Waals surface area contributed by atoms with Crippen LogP contribution in [0.5, 0.6) is 0 Å². The van der Waals surface area contributed by atoms with Crippen molar-refractivity contribution < 1.29 is 0 Å². The zero-order chi connectivity index (χ0) is 23.4. The molecule has 2 aromatic carbocycles. The normalized spacial score (nSPS) is 27.6. The molecule has 0 amide bonds. The molecule has 4 N–H and O–H groups in total. The number of fused-ring (bicyclic) bond motifs is 2. The second kappa shape index (κ2) is 8.73. The number of aromatic nitrogens is 4. The molecule has 2 aromatic heterocycles. The predicted octanol–water partition coefficient (Wildman–Crippen LogP) is 5.19. The number of nitrogens with one attached hydrogen (secondary N) is 4. The fourth-order valence-corrected chi connectivity index (χ4v) is 6.69. The number of benzene rings is 2. The van der Waals surface area contributed by atoms with E-state index in [9.17, 15) is 0 Å². The zero-order valence-electron chi connectivity index (χ0n) is 20.5. The van der Waals surface area contributed by atoms with Gasteiger partial charge in [-0.15, -0.1) is 0 Å². The Morgan fingerprint density at radius 1 is 0.743 bits per heavy atom. The molecule has 3 aliphatic rings. The van der Waals surface area contributed by atoms with E-state index < -0.39 is 0 Å². The number of nitrogens with zero attached hydrogens (tertiary/aromatic N) is 3. The molecule has 0 radical (unpaired) electrons. The molecule has 0 spiro atoms. The molecule has 7 nitrogen and oxygen atoms in total. The van der Waals surface area contributed by atoms with Crippen LogP contribution in [-0.4, -0.2) is 44.5 Å². The van der Waals surface area contributed by atoms with Crippen molar-refractivity contribution in [3.05, 3.63) is 59.2 Å². The number of likely N-dealkylation sites (tertiary alicyclic amines) is 1. The Kier molecular flexibility index (Phi) is 5.37. The van der Waals surface area contributed by atoms with Gasteiger partial charge >= 0.3 is 0 Å². The van der Waals surface area contributed by atoms with Crippen molar-refractivity contribution in [2.45, 2.75) is 69.6 Å². The van der Waals surface area contributed by atoms with E-state index in [2.05, 4.69) is 68.8 Å². The largest absolute Gasteiger partial charge is 0.341 e. The first-order valence-corrected chi connectivity index (χ1v) is 13.5. The van der Waals surface area contributed by atoms with Crippen LogP contribution >= 0.6 is 0 Å². The van der Waals surface area contributed by atoms with Crippen LogP contribution in [0, 0.1) is 0 Å². The van der Waals surface area contributed by atoms with E-state index in [0.29, 0.717) is 24.2 Å². The summed E-state index contributed by atoms with van der Waals surface area (Å²) in [6, 6.07) is 15.3. The fourth-order valence-electron chi connectivity index (χ4n) is 6.69. The maximum absolute atomic E-state index is 4.97. The molecule has 0 bridgehead atoms. The molecule has 3 saturated heterocycles. The van der Waals surface area contributed by atoms with Crippen molar-refractivity contribution >= 4 is 22.1 Å². The quantitative estimate of drug-likeness (QED) is 0.323. The van der Waals surface area contributed by atoms with Gasteiger partial charge in [-0.1, -0.05) is 19.1 Å². The Balaban J connectivity index is 1.15. The third kappa shape index (κ3) is 3.77. The van der Waals surface area contributed by atoms with Gasteiger partial charge in [0.2, 0.25) is 0 Å². The lowest BCUT2D eigenvalue weighted by Gasteiger charge is -2.29. The first-order valence-electron chi connectivity index (χ1n) is 13.5. The van der Waals surface area contributed by atoms with E-state index in [-0.39, 0.29) is 0 Å². The van der Waals surface area contributed by atoms with Crippen molar-refractivity contribution in [3.8, 4) is 0 Å². The van der Waals surface area contributed by atoms with Crippen LogP contribution < -0.4 is 10.6 Å². The van der Waals surface area contributed by atoms with Crippen molar-refractivity contribution in [3.63, 3.8) is 0 Å². The molecular formula is C28H35N7. The van der Waals surface area contributed by atoms with Crippen molar-refractivity contribution in [1.82, 2.24) is 35.5 Å². The summed E-state index contributed by atoms with van der Waals surface area (Å²) in [5, 5.41) is 7.12. The Morgan fingerprint density at radius 2 is 1.26 bits per heavy atom. The summed E-state index contributed by atoms with van der Waals surface area (Å²) < 4.78 is 0. The number of rotatable bonds is 5. The van der Waals surface area contributed by atoms with Gasteiger partial charge in [0.05, 0.1) is 34.2 Å². The highest BCUT2D eigenvalue weighted by molar-refractivity contribution is 5.77. The van der Waals surface area contributed by atoms with E-state index >= 15 is 0 Å². The summed E-state index contributed by atoms with van der Waals surface area (Å²) in [4.78, 5) is 19.7. The lowest BCUT2D eigenvalue weighted by molar-refractivity contribution is 0.206. The van der Waals surface area contributed by atoms with Gasteiger partial charge < -0.3 is 20.6 Å². The zero-order valence-corrected chi connectivity index (χ0v) is 20.5. The smallest absolute Gasteiger partial charge is 0.124 e. The fraction of sp³-hybridized carbons (Fsp3) is 0.500. The summed E-state index contributed by atoms with van der Waals surface area (Å²) in [6.07, 6.45) is 7.12. The number of hydrogen-bond donors (Lipinski definition) is 4. The highest BCUT2D eigenvalue weighted by Crippen LogP contribution is 2.44. The molecule has 4 unspecified atom stereocenters. The van der Waals surface area contributed by atoms with E-state index in [1.807, 2.05) is 0 Å². The van der Waals surface area contributed by atoms with Crippen LogP contribution in [0.15, 0.2) is 36.4 Å². The van der Waals surface area contributed by atoms with E-state index in [4.69, 9.17) is 9.97 Å². The van der Waals surface area contributed by atoms with Crippen LogP contribution in [0.25, 0.3) is 22.1 Å². The summed E-state index contributed by atoms with van der Waals surface area (Å²) in [5.74, 6) is 2.18. The van der Waals surface area contributed by atoms with Crippen LogP contribution in [0.2, 0.25) is 0 Å². The molecular weight excluding hydrogens is 434 g/mol. The van der Waals surface area contributed by atoms with Gasteiger partial charge in [0.25, 0.3) is 0 Å². The lowest BCUT2D eigenvalue weighted by atomic mass is 10.0. The molecule has 4 atom stereocenters. The minimum atomic E-state index is 0.371. The Bertz CT molecular complexity index is 1240. The SMILES string of the molecule is CCN1C(c2ccc3[nH]c(C4CCCN4)nc3c2)CCC1c1ccc2[nH]c(C3CCCN3)nc2c1. The Hall–Kier alpha value is -2.74. The van der Waals surface area contributed by atoms with E-state index in [0.717, 1.165) is 53.3 Å². The molecule has 5 heterocycles. The molecule has 7 heteroatoms. The van der Waals surface area contributed by atoms with E-state index in [1.54, 1.807) is 0 Å². The Morgan fingerprint density at radius 3 is 1.69 bits per heavy atom. The van der Waals surface area contributed by atoms with Gasteiger partial charge in [-0.25, -0.2) is 9.97 Å². The summed E-state index contributed by atoms with van der Waals surface area (Å²) in [5.41, 5.74) is 7.25. The second-order valence-electron chi connectivity index (χ2n) is 10.5. The van der Waals surface area contributed by atoms with Gasteiger partial charge in [-0.2, -0.15) is 0 Å². The van der Waals surface area contributed by atoms with Crippen LogP contribution in [0.1, 0.15) is 92.4 Å². The molecule has 7 rings (SSSR count). The molecule has 182 valence electrons. The second-order valence-corrected chi connectivity index (χ2v) is 10.5. The van der Waals surface area contributed by atoms with Crippen molar-refractivity contribution in [1.29, 1.82) is 0 Å². The third-order valence-corrected chi connectivity index (χ3v) is 8.48. The number of H-pyrrole nitrogens is 2. The first kappa shape index (κ1) is 21.5. The average Bonchev–Trinajstić information content (AvgIpc) is 3.71. The first-order chi connectivity index (χ1) is 17.3.